The summed E-state index contributed by atoms with van der Waals surface area (Å²) < 4.78 is 4.82. The van der Waals surface area contributed by atoms with Crippen molar-refractivity contribution < 1.29 is 0 Å². The summed E-state index contributed by atoms with van der Waals surface area (Å²) in [6.07, 6.45) is 6.47. The maximum absolute atomic E-state index is 5.35. The second-order valence-corrected chi connectivity index (χ2v) is 10.7. The lowest BCUT2D eigenvalue weighted by molar-refractivity contribution is 0.436. The van der Waals surface area contributed by atoms with Gasteiger partial charge in [-0.15, -0.1) is 0 Å². The van der Waals surface area contributed by atoms with Gasteiger partial charge in [0.25, 0.3) is 0 Å². The minimum Gasteiger partial charge on any atom is -0.309 e. The Morgan fingerprint density at radius 1 is 0.526 bits per heavy atom. The van der Waals surface area contributed by atoms with Crippen molar-refractivity contribution in [2.24, 2.45) is 0 Å². The molecule has 0 radical (unpaired) electrons. The smallest absolute Gasteiger partial charge is 0.137 e. The summed E-state index contributed by atoms with van der Waals surface area (Å²) >= 11 is 0. The lowest BCUT2D eigenvalue weighted by atomic mass is 9.87. The average molecular weight is 492 g/mol. The van der Waals surface area contributed by atoms with Crippen LogP contribution in [0.25, 0.3) is 55.1 Å². The first-order chi connectivity index (χ1) is 18.9. The first kappa shape index (κ1) is 21.7. The Labute approximate surface area is 222 Å². The Balaban J connectivity index is 1.51. The zero-order chi connectivity index (χ0) is 25.1. The summed E-state index contributed by atoms with van der Waals surface area (Å²) in [5, 5.41) is 5.09. The average Bonchev–Trinajstić information content (AvgIpc) is 3.51. The molecular weight excluding hydrogens is 462 g/mol. The number of hydrogen-bond donors (Lipinski definition) is 0. The van der Waals surface area contributed by atoms with Gasteiger partial charge in [0, 0.05) is 38.8 Å². The molecule has 0 bridgehead atoms. The van der Waals surface area contributed by atoms with Gasteiger partial charge in [0.05, 0.1) is 22.1 Å². The van der Waals surface area contributed by atoms with Crippen LogP contribution < -0.4 is 0 Å². The van der Waals surface area contributed by atoms with Gasteiger partial charge >= 0.3 is 0 Å². The molecule has 8 rings (SSSR count). The Morgan fingerprint density at radius 3 is 2.05 bits per heavy atom. The van der Waals surface area contributed by atoms with Crippen molar-refractivity contribution in [3.05, 3.63) is 115 Å². The molecule has 1 saturated carbocycles. The third-order valence-corrected chi connectivity index (χ3v) is 8.49. The molecule has 4 aromatic carbocycles. The normalized spacial score (nSPS) is 14.7. The SMILES string of the molecule is c1ccc(-n2c3ccccc3c3c2ccc2c4ccccc4n(-c4cccc(C5CCCCC5)n4)c23)cc1. The highest BCUT2D eigenvalue weighted by molar-refractivity contribution is 6.26. The molecule has 0 spiro atoms. The number of hydrogen-bond acceptors (Lipinski definition) is 1. The number of para-hydroxylation sites is 3. The minimum absolute atomic E-state index is 0.566. The molecule has 1 aliphatic rings. The number of fused-ring (bicyclic) bond motifs is 7. The monoisotopic (exact) mass is 491 g/mol. The van der Waals surface area contributed by atoms with E-state index in [1.165, 1.54) is 87.1 Å². The summed E-state index contributed by atoms with van der Waals surface area (Å²) in [7, 11) is 0. The molecule has 0 unspecified atom stereocenters. The fraction of sp³-hybridized carbons (Fsp3) is 0.171. The van der Waals surface area contributed by atoms with Crippen LogP contribution >= 0.6 is 0 Å². The van der Waals surface area contributed by atoms with E-state index < -0.39 is 0 Å². The number of aromatic nitrogens is 3. The standard InChI is InChI=1S/C35H29N3/c1-3-12-24(13-4-1)29-18-11-21-33(36-29)38-30-19-9-7-16-26(30)27-22-23-32-34(35(27)38)28-17-8-10-20-31(28)37(32)25-14-5-2-6-15-25/h2,5-11,14-24H,1,3-4,12-13H2. The topological polar surface area (TPSA) is 22.8 Å². The molecule has 1 aliphatic carbocycles. The molecule has 3 heteroatoms. The summed E-state index contributed by atoms with van der Waals surface area (Å²) in [5.41, 5.74) is 7.31. The molecular formula is C35H29N3. The van der Waals surface area contributed by atoms with E-state index in [1.54, 1.807) is 0 Å². The number of rotatable bonds is 3. The molecule has 184 valence electrons. The Morgan fingerprint density at radius 2 is 1.24 bits per heavy atom. The molecule has 3 aromatic heterocycles. The van der Waals surface area contributed by atoms with E-state index in [1.807, 2.05) is 0 Å². The number of pyridine rings is 1. The minimum atomic E-state index is 0.566. The van der Waals surface area contributed by atoms with Crippen LogP contribution in [0, 0.1) is 0 Å². The quantitative estimate of drug-likeness (QED) is 0.241. The maximum atomic E-state index is 5.35. The van der Waals surface area contributed by atoms with Gasteiger partial charge in [0.1, 0.15) is 5.82 Å². The largest absolute Gasteiger partial charge is 0.309 e. The van der Waals surface area contributed by atoms with E-state index >= 15 is 0 Å². The van der Waals surface area contributed by atoms with Crippen LogP contribution in [0.15, 0.2) is 109 Å². The van der Waals surface area contributed by atoms with Crippen molar-refractivity contribution in [2.75, 3.05) is 0 Å². The predicted octanol–water partition coefficient (Wildman–Crippen LogP) is 9.32. The van der Waals surface area contributed by atoms with Crippen molar-refractivity contribution in [1.82, 2.24) is 14.1 Å². The fourth-order valence-electron chi connectivity index (χ4n) is 6.79. The van der Waals surface area contributed by atoms with Crippen molar-refractivity contribution in [3.63, 3.8) is 0 Å². The predicted molar refractivity (Wildman–Crippen MR) is 159 cm³/mol. The van der Waals surface area contributed by atoms with Gasteiger partial charge in [-0.25, -0.2) is 4.98 Å². The molecule has 1 fully saturated rings. The van der Waals surface area contributed by atoms with E-state index in [2.05, 4.69) is 118 Å². The third-order valence-electron chi connectivity index (χ3n) is 8.49. The zero-order valence-electron chi connectivity index (χ0n) is 21.3. The summed E-state index contributed by atoms with van der Waals surface area (Å²) in [6.45, 7) is 0. The molecule has 3 nitrogen and oxygen atoms in total. The van der Waals surface area contributed by atoms with Crippen LogP contribution in [0.5, 0.6) is 0 Å². The summed E-state index contributed by atoms with van der Waals surface area (Å²) in [5.74, 6) is 1.58. The second-order valence-electron chi connectivity index (χ2n) is 10.7. The lowest BCUT2D eigenvalue weighted by Crippen LogP contribution is -2.08. The van der Waals surface area contributed by atoms with Crippen molar-refractivity contribution in [3.8, 4) is 11.5 Å². The van der Waals surface area contributed by atoms with E-state index in [-0.39, 0.29) is 0 Å². The van der Waals surface area contributed by atoms with Gasteiger partial charge in [-0.3, -0.25) is 4.57 Å². The van der Waals surface area contributed by atoms with Crippen LogP contribution in [0.2, 0.25) is 0 Å². The molecule has 0 saturated heterocycles. The van der Waals surface area contributed by atoms with Gasteiger partial charge in [-0.2, -0.15) is 0 Å². The second kappa shape index (κ2) is 8.59. The molecule has 0 aliphatic heterocycles. The number of benzene rings is 4. The van der Waals surface area contributed by atoms with Crippen LogP contribution in [0.1, 0.15) is 43.7 Å². The Bertz CT molecular complexity index is 1950. The van der Waals surface area contributed by atoms with Gasteiger partial charge in [-0.1, -0.05) is 86.0 Å². The van der Waals surface area contributed by atoms with Crippen molar-refractivity contribution in [2.45, 2.75) is 38.0 Å². The molecule has 38 heavy (non-hydrogen) atoms. The molecule has 3 heterocycles. The van der Waals surface area contributed by atoms with E-state index in [0.717, 1.165) is 5.82 Å². The number of nitrogens with zero attached hydrogens (tertiary/aromatic N) is 3. The van der Waals surface area contributed by atoms with Crippen LogP contribution in [-0.2, 0) is 0 Å². The van der Waals surface area contributed by atoms with Crippen LogP contribution in [-0.4, -0.2) is 14.1 Å². The first-order valence-corrected chi connectivity index (χ1v) is 13.9. The highest BCUT2D eigenvalue weighted by Gasteiger charge is 2.22. The van der Waals surface area contributed by atoms with Gasteiger partial charge in [-0.05, 0) is 55.3 Å². The lowest BCUT2D eigenvalue weighted by Gasteiger charge is -2.21. The van der Waals surface area contributed by atoms with E-state index in [0.29, 0.717) is 5.92 Å². The van der Waals surface area contributed by atoms with Crippen LogP contribution in [0.4, 0.5) is 0 Å². The van der Waals surface area contributed by atoms with Gasteiger partial charge < -0.3 is 4.57 Å². The highest BCUT2D eigenvalue weighted by Crippen LogP contribution is 2.42. The summed E-state index contributed by atoms with van der Waals surface area (Å²) in [4.78, 5) is 5.35. The van der Waals surface area contributed by atoms with E-state index in [4.69, 9.17) is 4.98 Å². The molecule has 0 atom stereocenters. The highest BCUT2D eigenvalue weighted by atomic mass is 15.1. The zero-order valence-corrected chi connectivity index (χ0v) is 21.3. The maximum Gasteiger partial charge on any atom is 0.137 e. The van der Waals surface area contributed by atoms with Crippen molar-refractivity contribution >= 4 is 43.6 Å². The first-order valence-electron chi connectivity index (χ1n) is 13.9. The molecule has 7 aromatic rings. The Hall–Kier alpha value is -4.37. The Kier molecular flexibility index (Phi) is 4.91. The van der Waals surface area contributed by atoms with Crippen molar-refractivity contribution in [1.29, 1.82) is 0 Å². The van der Waals surface area contributed by atoms with Gasteiger partial charge in [0.2, 0.25) is 0 Å². The van der Waals surface area contributed by atoms with E-state index in [9.17, 15) is 0 Å². The summed E-state index contributed by atoms with van der Waals surface area (Å²) in [6, 6.07) is 39.5. The molecule has 0 amide bonds. The van der Waals surface area contributed by atoms with Crippen LogP contribution in [0.3, 0.4) is 0 Å². The molecule has 0 N–H and O–H groups in total. The fourth-order valence-corrected chi connectivity index (χ4v) is 6.79. The third kappa shape index (κ3) is 3.18. The van der Waals surface area contributed by atoms with Gasteiger partial charge in [0.15, 0.2) is 0 Å².